The van der Waals surface area contributed by atoms with Gasteiger partial charge in [0, 0.05) is 5.69 Å². The van der Waals surface area contributed by atoms with Crippen molar-refractivity contribution in [2.45, 2.75) is 19.6 Å². The average molecular weight is 257 g/mol. The van der Waals surface area contributed by atoms with Crippen molar-refractivity contribution in [2.24, 2.45) is 5.73 Å². The molecule has 2 rings (SSSR count). The van der Waals surface area contributed by atoms with E-state index < -0.39 is 17.7 Å². The summed E-state index contributed by atoms with van der Waals surface area (Å²) in [5, 5.41) is 0. The summed E-state index contributed by atoms with van der Waals surface area (Å²) in [7, 11) is 0. The molecule has 0 saturated carbocycles. The van der Waals surface area contributed by atoms with Gasteiger partial charge in [0.25, 0.3) is 5.78 Å². The van der Waals surface area contributed by atoms with E-state index in [1.54, 1.807) is 19.1 Å². The zero-order chi connectivity index (χ0) is 13.5. The van der Waals surface area contributed by atoms with Crippen LogP contribution >= 0.6 is 0 Å². The van der Waals surface area contributed by atoms with E-state index in [1.165, 1.54) is 10.5 Å². The van der Waals surface area contributed by atoms with E-state index in [9.17, 15) is 18.0 Å². The Morgan fingerprint density at radius 3 is 2.67 bits per heavy atom. The lowest BCUT2D eigenvalue weighted by molar-refractivity contribution is -0.0887. The number of aryl methyl sites for hydroxylation is 1. The van der Waals surface area contributed by atoms with E-state index in [4.69, 9.17) is 5.73 Å². The Labute approximate surface area is 100 Å². The highest BCUT2D eigenvalue weighted by Gasteiger charge is 2.42. The SMILES string of the molecule is Cc1cccc2c(C(=O)C(F)(F)F)nc(CN)n12. The molecule has 0 aromatic carbocycles. The van der Waals surface area contributed by atoms with Crippen LogP contribution in [0.25, 0.3) is 5.52 Å². The number of Topliss-reactive ketones (excluding diaryl/α,β-unsaturated/α-hetero) is 1. The van der Waals surface area contributed by atoms with Gasteiger partial charge in [-0.3, -0.25) is 9.20 Å². The van der Waals surface area contributed by atoms with E-state index in [1.807, 2.05) is 0 Å². The molecule has 7 heteroatoms. The highest BCUT2D eigenvalue weighted by Crippen LogP contribution is 2.25. The Balaban J connectivity index is 2.74. The first-order valence-corrected chi connectivity index (χ1v) is 5.14. The van der Waals surface area contributed by atoms with Gasteiger partial charge in [-0.15, -0.1) is 0 Å². The first-order chi connectivity index (χ1) is 8.36. The predicted molar refractivity (Wildman–Crippen MR) is 58.2 cm³/mol. The van der Waals surface area contributed by atoms with Crippen LogP contribution in [0.4, 0.5) is 13.2 Å². The van der Waals surface area contributed by atoms with Crippen LogP contribution < -0.4 is 5.73 Å². The molecule has 2 aromatic heterocycles. The van der Waals surface area contributed by atoms with Gasteiger partial charge in [-0.1, -0.05) is 6.07 Å². The second kappa shape index (κ2) is 4.09. The summed E-state index contributed by atoms with van der Waals surface area (Å²) in [4.78, 5) is 15.0. The maximum Gasteiger partial charge on any atom is 0.456 e. The first-order valence-electron chi connectivity index (χ1n) is 5.14. The molecule has 0 fully saturated rings. The monoisotopic (exact) mass is 257 g/mol. The third-order valence-corrected chi connectivity index (χ3v) is 2.58. The van der Waals surface area contributed by atoms with Crippen molar-refractivity contribution in [3.05, 3.63) is 35.4 Å². The molecule has 0 unspecified atom stereocenters. The summed E-state index contributed by atoms with van der Waals surface area (Å²) in [6, 6.07) is 4.69. The van der Waals surface area contributed by atoms with E-state index >= 15 is 0 Å². The van der Waals surface area contributed by atoms with Crippen LogP contribution in [0, 0.1) is 6.92 Å². The molecule has 2 aromatic rings. The first kappa shape index (κ1) is 12.6. The number of hydrogen-bond acceptors (Lipinski definition) is 3. The number of rotatable bonds is 2. The fourth-order valence-electron chi connectivity index (χ4n) is 1.82. The predicted octanol–water partition coefficient (Wildman–Crippen LogP) is 1.85. The van der Waals surface area contributed by atoms with Crippen LogP contribution in [0.15, 0.2) is 18.2 Å². The number of pyridine rings is 1. The van der Waals surface area contributed by atoms with Crippen molar-refractivity contribution in [3.8, 4) is 0 Å². The molecule has 0 aliphatic heterocycles. The van der Waals surface area contributed by atoms with Crippen LogP contribution in [0.2, 0.25) is 0 Å². The van der Waals surface area contributed by atoms with E-state index in [0.717, 1.165) is 0 Å². The van der Waals surface area contributed by atoms with E-state index in [-0.39, 0.29) is 17.9 Å². The number of nitrogens with two attached hydrogens (primary N) is 1. The molecule has 0 atom stereocenters. The molecule has 0 aliphatic carbocycles. The molecular weight excluding hydrogens is 247 g/mol. The van der Waals surface area contributed by atoms with E-state index in [0.29, 0.717) is 5.69 Å². The highest BCUT2D eigenvalue weighted by molar-refractivity contribution is 6.04. The molecule has 0 spiro atoms. The average Bonchev–Trinajstić information content (AvgIpc) is 2.67. The van der Waals surface area contributed by atoms with Gasteiger partial charge in [0.1, 0.15) is 11.5 Å². The summed E-state index contributed by atoms with van der Waals surface area (Å²) in [5.41, 5.74) is 5.62. The molecule has 4 nitrogen and oxygen atoms in total. The summed E-state index contributed by atoms with van der Waals surface area (Å²) in [6.45, 7) is 1.66. The summed E-state index contributed by atoms with van der Waals surface area (Å²) >= 11 is 0. The van der Waals surface area contributed by atoms with Gasteiger partial charge in [0.2, 0.25) is 0 Å². The maximum absolute atomic E-state index is 12.4. The maximum atomic E-state index is 12.4. The smallest absolute Gasteiger partial charge is 0.324 e. The largest absolute Gasteiger partial charge is 0.456 e. The molecule has 0 aliphatic rings. The number of fused-ring (bicyclic) bond motifs is 1. The third-order valence-electron chi connectivity index (χ3n) is 2.58. The molecule has 0 amide bonds. The van der Waals surface area contributed by atoms with Crippen molar-refractivity contribution in [1.82, 2.24) is 9.38 Å². The Bertz CT molecular complexity index is 616. The molecule has 0 radical (unpaired) electrons. The molecule has 2 N–H and O–H groups in total. The normalized spacial score (nSPS) is 12.1. The van der Waals surface area contributed by atoms with Crippen LogP contribution in [0.1, 0.15) is 22.0 Å². The van der Waals surface area contributed by atoms with Crippen molar-refractivity contribution in [3.63, 3.8) is 0 Å². The molecule has 96 valence electrons. The van der Waals surface area contributed by atoms with Crippen LogP contribution in [-0.2, 0) is 6.54 Å². The van der Waals surface area contributed by atoms with Crippen LogP contribution in [-0.4, -0.2) is 21.3 Å². The van der Waals surface area contributed by atoms with Crippen LogP contribution in [0.5, 0.6) is 0 Å². The zero-order valence-electron chi connectivity index (χ0n) is 9.45. The Hall–Kier alpha value is -1.89. The third kappa shape index (κ3) is 1.86. The van der Waals surface area contributed by atoms with Gasteiger partial charge in [-0.2, -0.15) is 13.2 Å². The van der Waals surface area contributed by atoms with Crippen molar-refractivity contribution >= 4 is 11.3 Å². The van der Waals surface area contributed by atoms with Crippen molar-refractivity contribution < 1.29 is 18.0 Å². The van der Waals surface area contributed by atoms with E-state index in [2.05, 4.69) is 4.98 Å². The fraction of sp³-hybridized carbons (Fsp3) is 0.273. The second-order valence-corrected chi connectivity index (χ2v) is 3.80. The lowest BCUT2D eigenvalue weighted by Gasteiger charge is -2.04. The number of carbonyl (C=O) groups excluding carboxylic acids is 1. The summed E-state index contributed by atoms with van der Waals surface area (Å²) in [5.74, 6) is -1.72. The number of carbonyl (C=O) groups is 1. The minimum atomic E-state index is -4.94. The topological polar surface area (TPSA) is 60.4 Å². The molecule has 18 heavy (non-hydrogen) atoms. The number of halogens is 3. The van der Waals surface area contributed by atoms with Gasteiger partial charge in [-0.25, -0.2) is 4.98 Å². The Kier molecular flexibility index (Phi) is 2.86. The summed E-state index contributed by atoms with van der Waals surface area (Å²) in [6.07, 6.45) is -4.94. The zero-order valence-corrected chi connectivity index (χ0v) is 9.45. The van der Waals surface area contributed by atoms with Gasteiger partial charge in [0.05, 0.1) is 12.1 Å². The molecular formula is C11H10F3N3O. The molecule has 0 bridgehead atoms. The fourth-order valence-corrected chi connectivity index (χ4v) is 1.82. The van der Waals surface area contributed by atoms with Gasteiger partial charge < -0.3 is 5.73 Å². The van der Waals surface area contributed by atoms with Gasteiger partial charge in [-0.05, 0) is 19.1 Å². The minimum Gasteiger partial charge on any atom is -0.324 e. The molecule has 2 heterocycles. The number of hydrogen-bond donors (Lipinski definition) is 1. The number of alkyl halides is 3. The quantitative estimate of drug-likeness (QED) is 0.835. The number of imidazole rings is 1. The van der Waals surface area contributed by atoms with Crippen molar-refractivity contribution in [1.29, 1.82) is 0 Å². The Morgan fingerprint density at radius 2 is 2.11 bits per heavy atom. The Morgan fingerprint density at radius 1 is 1.44 bits per heavy atom. The standard InChI is InChI=1S/C11H10F3N3O/c1-6-3-2-4-7-9(10(18)11(12,13)14)16-8(5-15)17(6)7/h2-4H,5,15H2,1H3. The van der Waals surface area contributed by atoms with Gasteiger partial charge >= 0.3 is 6.18 Å². The number of ketones is 1. The van der Waals surface area contributed by atoms with Gasteiger partial charge in [0.15, 0.2) is 0 Å². The highest BCUT2D eigenvalue weighted by atomic mass is 19.4. The lowest BCUT2D eigenvalue weighted by Crippen LogP contribution is -2.23. The molecule has 0 saturated heterocycles. The van der Waals surface area contributed by atoms with Crippen molar-refractivity contribution in [2.75, 3.05) is 0 Å². The second-order valence-electron chi connectivity index (χ2n) is 3.80. The minimum absolute atomic E-state index is 0.0445. The van der Waals surface area contributed by atoms with Crippen LogP contribution in [0.3, 0.4) is 0 Å². The summed E-state index contributed by atoms with van der Waals surface area (Å²) < 4.78 is 38.8. The lowest BCUT2D eigenvalue weighted by atomic mass is 10.2. The number of nitrogens with zero attached hydrogens (tertiary/aromatic N) is 2. The number of aromatic nitrogens is 2.